The van der Waals surface area contributed by atoms with Gasteiger partial charge in [-0.1, -0.05) is 0 Å². The molecule has 0 heterocycles. The Hall–Kier alpha value is -1.26. The molecule has 0 bridgehead atoms. The minimum atomic E-state index is -0.286. The van der Waals surface area contributed by atoms with Crippen molar-refractivity contribution >= 4 is 0 Å². The van der Waals surface area contributed by atoms with E-state index in [9.17, 15) is 5.11 Å². The van der Waals surface area contributed by atoms with Gasteiger partial charge in [-0.05, 0) is 75.9 Å². The van der Waals surface area contributed by atoms with Crippen molar-refractivity contribution < 1.29 is 14.6 Å². The molecule has 0 atom stereocenters. The number of nitrogens with one attached hydrogen (secondary N) is 1. The fourth-order valence-electron chi connectivity index (χ4n) is 2.28. The lowest BCUT2D eigenvalue weighted by molar-refractivity contribution is 0.136. The second-order valence-electron chi connectivity index (χ2n) is 5.81. The average Bonchev–Trinajstić information content (AvgIpc) is 3.24. The normalized spacial score (nSPS) is 15.7. The summed E-state index contributed by atoms with van der Waals surface area (Å²) in [6.45, 7) is 2.72. The third kappa shape index (κ3) is 6.36. The Kier molecular flexibility index (Phi) is 6.33. The summed E-state index contributed by atoms with van der Waals surface area (Å²) in [5, 5.41) is 13.1. The first kappa shape index (κ1) is 16.1. The van der Waals surface area contributed by atoms with Crippen molar-refractivity contribution in [2.45, 2.75) is 44.1 Å². The zero-order valence-electron chi connectivity index (χ0n) is 12.9. The molecule has 2 rings (SSSR count). The van der Waals surface area contributed by atoms with Crippen molar-refractivity contribution in [2.75, 3.05) is 26.8 Å². The van der Waals surface area contributed by atoms with Crippen LogP contribution in [0.4, 0.5) is 0 Å². The molecule has 118 valence electrons. The van der Waals surface area contributed by atoms with Crippen LogP contribution < -0.4 is 14.8 Å². The molecule has 2 N–H and O–H groups in total. The molecular weight excluding hydrogens is 266 g/mol. The third-order valence-corrected chi connectivity index (χ3v) is 3.90. The van der Waals surface area contributed by atoms with Crippen molar-refractivity contribution in [3.05, 3.63) is 24.3 Å². The van der Waals surface area contributed by atoms with Gasteiger partial charge in [0.05, 0.1) is 19.3 Å². The molecule has 4 nitrogen and oxygen atoms in total. The lowest BCUT2D eigenvalue weighted by Crippen LogP contribution is -2.19. The van der Waals surface area contributed by atoms with Crippen molar-refractivity contribution in [2.24, 2.45) is 0 Å². The molecular formula is C17H27NO3. The average molecular weight is 293 g/mol. The molecule has 1 aliphatic carbocycles. The Labute approximate surface area is 127 Å². The first-order chi connectivity index (χ1) is 10.2. The van der Waals surface area contributed by atoms with Crippen LogP contribution in [-0.2, 0) is 0 Å². The highest BCUT2D eigenvalue weighted by atomic mass is 16.5. The number of rotatable bonds is 11. The second kappa shape index (κ2) is 8.25. The SMILES string of the molecule is COc1ccc(OCCCNCCCCC2(O)CC2)cc1. The lowest BCUT2D eigenvalue weighted by Gasteiger charge is -2.09. The predicted molar refractivity (Wildman–Crippen MR) is 84.0 cm³/mol. The number of aliphatic hydroxyl groups is 1. The molecule has 1 aromatic carbocycles. The highest BCUT2D eigenvalue weighted by molar-refractivity contribution is 5.31. The van der Waals surface area contributed by atoms with Crippen molar-refractivity contribution in [1.29, 1.82) is 0 Å². The summed E-state index contributed by atoms with van der Waals surface area (Å²) in [6.07, 6.45) is 6.23. The first-order valence-electron chi connectivity index (χ1n) is 7.92. The van der Waals surface area contributed by atoms with Crippen LogP contribution in [0.5, 0.6) is 11.5 Å². The van der Waals surface area contributed by atoms with Crippen LogP contribution in [0.15, 0.2) is 24.3 Å². The van der Waals surface area contributed by atoms with Crippen molar-refractivity contribution in [1.82, 2.24) is 5.32 Å². The van der Waals surface area contributed by atoms with Gasteiger partial charge < -0.3 is 19.9 Å². The molecule has 0 amide bonds. The minimum absolute atomic E-state index is 0.286. The van der Waals surface area contributed by atoms with Gasteiger partial charge in [-0.3, -0.25) is 0 Å². The number of hydrogen-bond acceptors (Lipinski definition) is 4. The topological polar surface area (TPSA) is 50.7 Å². The van der Waals surface area contributed by atoms with E-state index in [4.69, 9.17) is 9.47 Å². The summed E-state index contributed by atoms with van der Waals surface area (Å²) in [4.78, 5) is 0. The van der Waals surface area contributed by atoms with Gasteiger partial charge in [0.2, 0.25) is 0 Å². The van der Waals surface area contributed by atoms with Gasteiger partial charge in [-0.15, -0.1) is 0 Å². The molecule has 1 aromatic rings. The molecule has 21 heavy (non-hydrogen) atoms. The fourth-order valence-corrected chi connectivity index (χ4v) is 2.28. The monoisotopic (exact) mass is 293 g/mol. The van der Waals surface area contributed by atoms with E-state index in [2.05, 4.69) is 5.32 Å². The van der Waals surface area contributed by atoms with E-state index >= 15 is 0 Å². The van der Waals surface area contributed by atoms with Crippen LogP contribution in [0.1, 0.15) is 38.5 Å². The van der Waals surface area contributed by atoms with Crippen LogP contribution in [0.2, 0.25) is 0 Å². The van der Waals surface area contributed by atoms with Gasteiger partial charge >= 0.3 is 0 Å². The first-order valence-corrected chi connectivity index (χ1v) is 7.92. The van der Waals surface area contributed by atoms with E-state index in [1.54, 1.807) is 7.11 Å². The summed E-state index contributed by atoms with van der Waals surface area (Å²) in [5.74, 6) is 1.73. The standard InChI is InChI=1S/C17H27NO3/c1-20-15-5-7-16(8-6-15)21-14-4-13-18-12-3-2-9-17(19)10-11-17/h5-8,18-19H,2-4,9-14H2,1H3. The number of hydrogen-bond donors (Lipinski definition) is 2. The molecule has 0 aliphatic heterocycles. The molecule has 0 aromatic heterocycles. The summed E-state index contributed by atoms with van der Waals surface area (Å²) >= 11 is 0. The molecule has 0 saturated heterocycles. The molecule has 1 saturated carbocycles. The van der Waals surface area contributed by atoms with E-state index < -0.39 is 0 Å². The van der Waals surface area contributed by atoms with E-state index in [0.29, 0.717) is 0 Å². The Bertz CT molecular complexity index is 401. The maximum atomic E-state index is 9.70. The number of methoxy groups -OCH3 is 1. The summed E-state index contributed by atoms with van der Waals surface area (Å²) < 4.78 is 10.8. The zero-order valence-corrected chi connectivity index (χ0v) is 12.9. The number of ether oxygens (including phenoxy) is 2. The molecule has 1 fully saturated rings. The van der Waals surface area contributed by atoms with Crippen LogP contribution in [0.25, 0.3) is 0 Å². The number of unbranched alkanes of at least 4 members (excludes halogenated alkanes) is 1. The van der Waals surface area contributed by atoms with Gasteiger partial charge in [0.1, 0.15) is 11.5 Å². The Morgan fingerprint density at radius 2 is 1.71 bits per heavy atom. The smallest absolute Gasteiger partial charge is 0.119 e. The second-order valence-corrected chi connectivity index (χ2v) is 5.81. The largest absolute Gasteiger partial charge is 0.497 e. The quantitative estimate of drug-likeness (QED) is 0.616. The summed E-state index contributed by atoms with van der Waals surface area (Å²) in [6, 6.07) is 7.66. The van der Waals surface area contributed by atoms with E-state index in [1.165, 1.54) is 0 Å². The summed E-state index contributed by atoms with van der Waals surface area (Å²) in [5.41, 5.74) is -0.286. The van der Waals surface area contributed by atoms with Gasteiger partial charge in [-0.25, -0.2) is 0 Å². The zero-order chi connectivity index (χ0) is 15.0. The van der Waals surface area contributed by atoms with Gasteiger partial charge in [0.25, 0.3) is 0 Å². The van der Waals surface area contributed by atoms with Crippen LogP contribution in [0, 0.1) is 0 Å². The van der Waals surface area contributed by atoms with Crippen LogP contribution >= 0.6 is 0 Å². The van der Waals surface area contributed by atoms with Crippen LogP contribution in [0.3, 0.4) is 0 Å². The fraction of sp³-hybridized carbons (Fsp3) is 0.647. The summed E-state index contributed by atoms with van der Waals surface area (Å²) in [7, 11) is 1.66. The lowest BCUT2D eigenvalue weighted by atomic mass is 10.1. The minimum Gasteiger partial charge on any atom is -0.497 e. The Balaban J connectivity index is 1.40. The maximum Gasteiger partial charge on any atom is 0.119 e. The molecule has 0 unspecified atom stereocenters. The van der Waals surface area contributed by atoms with Gasteiger partial charge in [0, 0.05) is 0 Å². The molecule has 0 spiro atoms. The van der Waals surface area contributed by atoms with Crippen LogP contribution in [-0.4, -0.2) is 37.5 Å². The maximum absolute atomic E-state index is 9.70. The van der Waals surface area contributed by atoms with Gasteiger partial charge in [0.15, 0.2) is 0 Å². The highest BCUT2D eigenvalue weighted by Gasteiger charge is 2.38. The molecule has 0 radical (unpaired) electrons. The Morgan fingerprint density at radius 3 is 2.38 bits per heavy atom. The van der Waals surface area contributed by atoms with Crippen molar-refractivity contribution in [3.8, 4) is 11.5 Å². The van der Waals surface area contributed by atoms with Crippen molar-refractivity contribution in [3.63, 3.8) is 0 Å². The van der Waals surface area contributed by atoms with E-state index in [-0.39, 0.29) is 5.60 Å². The predicted octanol–water partition coefficient (Wildman–Crippen LogP) is 2.75. The van der Waals surface area contributed by atoms with E-state index in [0.717, 1.165) is 69.7 Å². The molecule has 4 heteroatoms. The third-order valence-electron chi connectivity index (χ3n) is 3.90. The Morgan fingerprint density at radius 1 is 1.05 bits per heavy atom. The number of benzene rings is 1. The van der Waals surface area contributed by atoms with E-state index in [1.807, 2.05) is 24.3 Å². The molecule has 1 aliphatic rings. The van der Waals surface area contributed by atoms with Gasteiger partial charge in [-0.2, -0.15) is 0 Å². The highest BCUT2D eigenvalue weighted by Crippen LogP contribution is 2.39.